The summed E-state index contributed by atoms with van der Waals surface area (Å²) in [5.74, 6) is -1.27. The van der Waals surface area contributed by atoms with Gasteiger partial charge in [0.25, 0.3) is 0 Å². The summed E-state index contributed by atoms with van der Waals surface area (Å²) in [7, 11) is 0. The van der Waals surface area contributed by atoms with E-state index in [1.165, 1.54) is 0 Å². The molecule has 1 aromatic rings. The lowest BCUT2D eigenvalue weighted by atomic mass is 10.4. The highest BCUT2D eigenvalue weighted by atomic mass is 19.4. The minimum Gasteiger partial charge on any atom is -0.478 e. The topological polar surface area (TPSA) is 72.3 Å². The standard InChI is InChI=1S/C7H5F3N2O3/c8-7(9,10)3-15-6-11-1-4(2-12-6)5(13)14/h1-2H,3H2,(H,13,14). The first-order chi connectivity index (χ1) is 6.88. The number of aromatic nitrogens is 2. The van der Waals surface area contributed by atoms with Crippen molar-refractivity contribution >= 4 is 5.97 Å². The minimum absolute atomic E-state index is 0.227. The number of nitrogens with zero attached hydrogens (tertiary/aromatic N) is 2. The molecule has 1 aromatic heterocycles. The molecule has 1 heterocycles. The normalized spacial score (nSPS) is 11.1. The highest BCUT2D eigenvalue weighted by molar-refractivity contribution is 5.86. The van der Waals surface area contributed by atoms with Crippen LogP contribution in [0, 0.1) is 0 Å². The summed E-state index contributed by atoms with van der Waals surface area (Å²) in [5.41, 5.74) is -0.227. The Bertz CT molecular complexity index is 349. The average molecular weight is 222 g/mol. The van der Waals surface area contributed by atoms with Crippen LogP contribution >= 0.6 is 0 Å². The van der Waals surface area contributed by atoms with Crippen molar-refractivity contribution in [2.75, 3.05) is 6.61 Å². The maximum Gasteiger partial charge on any atom is 0.422 e. The van der Waals surface area contributed by atoms with Gasteiger partial charge < -0.3 is 9.84 Å². The van der Waals surface area contributed by atoms with Crippen LogP contribution in [0.2, 0.25) is 0 Å². The maximum absolute atomic E-state index is 11.7. The van der Waals surface area contributed by atoms with Crippen LogP contribution in [0.15, 0.2) is 12.4 Å². The summed E-state index contributed by atoms with van der Waals surface area (Å²) in [6.07, 6.45) is -2.75. The zero-order valence-electron chi connectivity index (χ0n) is 7.15. The molecule has 0 saturated carbocycles. The third kappa shape index (κ3) is 3.79. The SMILES string of the molecule is O=C(O)c1cnc(OCC(F)(F)F)nc1. The van der Waals surface area contributed by atoms with Gasteiger partial charge in [-0.3, -0.25) is 0 Å². The molecule has 8 heteroatoms. The van der Waals surface area contributed by atoms with Crippen molar-refractivity contribution in [1.82, 2.24) is 9.97 Å². The third-order valence-electron chi connectivity index (χ3n) is 1.24. The average Bonchev–Trinajstić information content (AvgIpc) is 2.14. The van der Waals surface area contributed by atoms with E-state index in [-0.39, 0.29) is 5.56 Å². The fraction of sp³-hybridized carbons (Fsp3) is 0.286. The summed E-state index contributed by atoms with van der Waals surface area (Å²) in [5, 5.41) is 8.43. The maximum atomic E-state index is 11.7. The van der Waals surface area contributed by atoms with Crippen LogP contribution in [-0.4, -0.2) is 33.8 Å². The van der Waals surface area contributed by atoms with Crippen LogP contribution in [0.1, 0.15) is 10.4 Å². The molecule has 0 amide bonds. The van der Waals surface area contributed by atoms with Crippen molar-refractivity contribution in [3.05, 3.63) is 18.0 Å². The van der Waals surface area contributed by atoms with Crippen LogP contribution in [0.5, 0.6) is 6.01 Å². The number of alkyl halides is 3. The zero-order chi connectivity index (χ0) is 11.5. The molecule has 0 bridgehead atoms. The number of carbonyl (C=O) groups is 1. The Balaban J connectivity index is 2.61. The van der Waals surface area contributed by atoms with Crippen LogP contribution in [0.4, 0.5) is 13.2 Å². The summed E-state index contributed by atoms with van der Waals surface area (Å²) < 4.78 is 39.2. The molecular formula is C7H5F3N2O3. The number of rotatable bonds is 3. The summed E-state index contributed by atoms with van der Waals surface area (Å²) in [4.78, 5) is 16.9. The Morgan fingerprint density at radius 2 is 1.93 bits per heavy atom. The van der Waals surface area contributed by atoms with Crippen LogP contribution in [0.25, 0.3) is 0 Å². The van der Waals surface area contributed by atoms with E-state index < -0.39 is 24.8 Å². The Labute approximate surface area is 81.5 Å². The van der Waals surface area contributed by atoms with Gasteiger partial charge in [0.15, 0.2) is 6.61 Å². The van der Waals surface area contributed by atoms with Gasteiger partial charge in [-0.05, 0) is 0 Å². The van der Waals surface area contributed by atoms with Gasteiger partial charge in [-0.1, -0.05) is 0 Å². The molecule has 0 fully saturated rings. The number of ether oxygens (including phenoxy) is 1. The number of carboxylic acid groups (broad SMARTS) is 1. The highest BCUT2D eigenvalue weighted by Crippen LogP contribution is 2.15. The smallest absolute Gasteiger partial charge is 0.422 e. The second-order valence-electron chi connectivity index (χ2n) is 2.46. The van der Waals surface area contributed by atoms with E-state index in [0.29, 0.717) is 0 Å². The van der Waals surface area contributed by atoms with Gasteiger partial charge in [0, 0.05) is 12.4 Å². The Morgan fingerprint density at radius 3 is 2.33 bits per heavy atom. The van der Waals surface area contributed by atoms with E-state index in [1.54, 1.807) is 0 Å². The molecular weight excluding hydrogens is 217 g/mol. The summed E-state index contributed by atoms with van der Waals surface area (Å²) in [6.45, 7) is -1.51. The van der Waals surface area contributed by atoms with Crippen LogP contribution < -0.4 is 4.74 Å². The van der Waals surface area contributed by atoms with Gasteiger partial charge >= 0.3 is 18.2 Å². The molecule has 0 aromatic carbocycles. The van der Waals surface area contributed by atoms with E-state index in [2.05, 4.69) is 14.7 Å². The van der Waals surface area contributed by atoms with Gasteiger partial charge in [-0.2, -0.15) is 13.2 Å². The molecule has 15 heavy (non-hydrogen) atoms. The Morgan fingerprint density at radius 1 is 1.40 bits per heavy atom. The fourth-order valence-electron chi connectivity index (χ4n) is 0.648. The first kappa shape index (κ1) is 11.2. The molecule has 0 spiro atoms. The molecule has 0 unspecified atom stereocenters. The van der Waals surface area contributed by atoms with Gasteiger partial charge in [0.2, 0.25) is 0 Å². The Hall–Kier alpha value is -1.86. The highest BCUT2D eigenvalue weighted by Gasteiger charge is 2.28. The molecule has 0 aliphatic rings. The monoisotopic (exact) mass is 222 g/mol. The molecule has 1 N–H and O–H groups in total. The minimum atomic E-state index is -4.48. The van der Waals surface area contributed by atoms with Crippen molar-refractivity contribution in [1.29, 1.82) is 0 Å². The van der Waals surface area contributed by atoms with E-state index in [0.717, 1.165) is 12.4 Å². The molecule has 0 atom stereocenters. The van der Waals surface area contributed by atoms with Gasteiger partial charge in [0.05, 0.1) is 5.56 Å². The predicted octanol–water partition coefficient (Wildman–Crippen LogP) is 1.12. The van der Waals surface area contributed by atoms with Crippen molar-refractivity contribution in [2.45, 2.75) is 6.18 Å². The number of carboxylic acids is 1. The van der Waals surface area contributed by atoms with E-state index in [9.17, 15) is 18.0 Å². The molecule has 0 radical (unpaired) electrons. The summed E-state index contributed by atoms with van der Waals surface area (Å²) >= 11 is 0. The van der Waals surface area contributed by atoms with E-state index in [4.69, 9.17) is 5.11 Å². The number of hydrogen-bond acceptors (Lipinski definition) is 4. The van der Waals surface area contributed by atoms with Crippen LogP contribution in [0.3, 0.4) is 0 Å². The lowest BCUT2D eigenvalue weighted by Crippen LogP contribution is -2.20. The second kappa shape index (κ2) is 4.11. The Kier molecular flexibility index (Phi) is 3.08. The molecule has 0 aliphatic carbocycles. The van der Waals surface area contributed by atoms with Crippen LogP contribution in [-0.2, 0) is 0 Å². The number of aromatic carboxylic acids is 1. The largest absolute Gasteiger partial charge is 0.478 e. The van der Waals surface area contributed by atoms with Crippen molar-refractivity contribution < 1.29 is 27.8 Å². The van der Waals surface area contributed by atoms with Gasteiger partial charge in [-0.25, -0.2) is 14.8 Å². The zero-order valence-corrected chi connectivity index (χ0v) is 7.15. The lowest BCUT2D eigenvalue weighted by molar-refractivity contribution is -0.154. The van der Waals surface area contributed by atoms with Crippen molar-refractivity contribution in [3.63, 3.8) is 0 Å². The fourth-order valence-corrected chi connectivity index (χ4v) is 0.648. The molecule has 5 nitrogen and oxygen atoms in total. The molecule has 82 valence electrons. The van der Waals surface area contributed by atoms with E-state index >= 15 is 0 Å². The number of halogens is 3. The van der Waals surface area contributed by atoms with Crippen molar-refractivity contribution in [3.8, 4) is 6.01 Å². The quantitative estimate of drug-likeness (QED) is 0.829. The van der Waals surface area contributed by atoms with Gasteiger partial charge in [-0.15, -0.1) is 0 Å². The summed E-state index contributed by atoms with van der Waals surface area (Å²) in [6, 6.07) is -0.516. The first-order valence-electron chi connectivity index (χ1n) is 3.63. The lowest BCUT2D eigenvalue weighted by Gasteiger charge is -2.06. The number of hydrogen-bond donors (Lipinski definition) is 1. The second-order valence-corrected chi connectivity index (χ2v) is 2.46. The third-order valence-corrected chi connectivity index (χ3v) is 1.24. The molecule has 0 saturated heterocycles. The van der Waals surface area contributed by atoms with Gasteiger partial charge in [0.1, 0.15) is 0 Å². The predicted molar refractivity (Wildman–Crippen MR) is 40.5 cm³/mol. The molecule has 0 aliphatic heterocycles. The molecule has 1 rings (SSSR count). The van der Waals surface area contributed by atoms with E-state index in [1.807, 2.05) is 0 Å². The first-order valence-corrected chi connectivity index (χ1v) is 3.63. The van der Waals surface area contributed by atoms with Crippen molar-refractivity contribution in [2.24, 2.45) is 0 Å².